The third-order valence-corrected chi connectivity index (χ3v) is 6.00. The normalized spacial score (nSPS) is 20.5. The summed E-state index contributed by atoms with van der Waals surface area (Å²) in [5.41, 5.74) is 9.67. The molecule has 31 heavy (non-hydrogen) atoms. The van der Waals surface area contributed by atoms with E-state index in [1.165, 1.54) is 0 Å². The van der Waals surface area contributed by atoms with Crippen molar-refractivity contribution in [3.63, 3.8) is 0 Å². The fourth-order valence-corrected chi connectivity index (χ4v) is 4.56. The molecule has 1 aliphatic carbocycles. The predicted octanol–water partition coefficient (Wildman–Crippen LogP) is 2.30. The molecule has 0 aliphatic heterocycles. The molecule has 4 aromatic rings. The van der Waals surface area contributed by atoms with E-state index in [9.17, 15) is 5.26 Å². The van der Waals surface area contributed by atoms with Crippen molar-refractivity contribution in [2.45, 2.75) is 24.8 Å². The van der Waals surface area contributed by atoms with Gasteiger partial charge >= 0.3 is 0 Å². The molecule has 0 spiro atoms. The molecule has 0 radical (unpaired) electrons. The average molecular weight is 414 g/mol. The fourth-order valence-electron chi connectivity index (χ4n) is 4.56. The minimum atomic E-state index is -0.301. The van der Waals surface area contributed by atoms with Crippen LogP contribution in [0.15, 0.2) is 42.0 Å². The van der Waals surface area contributed by atoms with Crippen LogP contribution < -0.4 is 5.73 Å². The van der Waals surface area contributed by atoms with Gasteiger partial charge in [-0.2, -0.15) is 20.6 Å². The van der Waals surface area contributed by atoms with Gasteiger partial charge in [0, 0.05) is 31.5 Å². The lowest BCUT2D eigenvalue weighted by molar-refractivity contribution is 0.0627. The maximum atomic E-state index is 9.40. The zero-order valence-corrected chi connectivity index (χ0v) is 17.2. The first kappa shape index (κ1) is 19.0. The number of nitrogens with two attached hydrogens (primary N) is 1. The van der Waals surface area contributed by atoms with Crippen LogP contribution >= 0.6 is 0 Å². The number of rotatable bonds is 6. The van der Waals surface area contributed by atoms with Crippen molar-refractivity contribution in [2.75, 3.05) is 12.3 Å². The maximum Gasteiger partial charge on any atom is 0.154 e. The molecule has 10 nitrogen and oxygen atoms in total. The van der Waals surface area contributed by atoms with Crippen LogP contribution in [0.25, 0.3) is 28.0 Å². The van der Waals surface area contributed by atoms with Crippen LogP contribution in [0.4, 0.5) is 5.82 Å². The van der Waals surface area contributed by atoms with Gasteiger partial charge in [0.05, 0.1) is 59.1 Å². The molecular weight excluding hydrogens is 392 g/mol. The molecule has 0 unspecified atom stereocenters. The van der Waals surface area contributed by atoms with Crippen LogP contribution in [0.3, 0.4) is 0 Å². The predicted molar refractivity (Wildman–Crippen MR) is 116 cm³/mol. The second-order valence-corrected chi connectivity index (χ2v) is 8.15. The van der Waals surface area contributed by atoms with Crippen molar-refractivity contribution in [3.05, 3.63) is 37.1 Å². The van der Waals surface area contributed by atoms with E-state index >= 15 is 0 Å². The number of aliphatic imine (C=N–C) groups is 1. The van der Waals surface area contributed by atoms with E-state index in [0.717, 1.165) is 35.2 Å². The van der Waals surface area contributed by atoms with Crippen molar-refractivity contribution >= 4 is 18.1 Å². The van der Waals surface area contributed by atoms with E-state index in [4.69, 9.17) is 10.7 Å². The minimum absolute atomic E-state index is 0.301. The number of aromatic nitrogens is 7. The van der Waals surface area contributed by atoms with E-state index in [1.807, 2.05) is 36.4 Å². The van der Waals surface area contributed by atoms with E-state index in [-0.39, 0.29) is 5.54 Å². The lowest BCUT2D eigenvalue weighted by atomic mass is 9.67. The quantitative estimate of drug-likeness (QED) is 0.482. The molecule has 0 atom stereocenters. The molecule has 1 aliphatic rings. The van der Waals surface area contributed by atoms with Gasteiger partial charge in [0.1, 0.15) is 0 Å². The number of nitrogens with zero attached hydrogens (tertiary/aromatic N) is 9. The summed E-state index contributed by atoms with van der Waals surface area (Å²) < 4.78 is 5.36. The van der Waals surface area contributed by atoms with E-state index in [1.54, 1.807) is 21.6 Å². The van der Waals surface area contributed by atoms with Gasteiger partial charge in [-0.15, -0.1) is 0 Å². The van der Waals surface area contributed by atoms with Gasteiger partial charge in [0.15, 0.2) is 5.82 Å². The van der Waals surface area contributed by atoms with Crippen molar-refractivity contribution in [2.24, 2.45) is 18.0 Å². The lowest BCUT2D eigenvalue weighted by Gasteiger charge is -2.46. The Kier molecular flexibility index (Phi) is 4.32. The molecule has 0 aromatic carbocycles. The van der Waals surface area contributed by atoms with Crippen LogP contribution in [0.2, 0.25) is 0 Å². The first-order valence-electron chi connectivity index (χ1n) is 10.0. The molecule has 0 saturated heterocycles. The van der Waals surface area contributed by atoms with Crippen LogP contribution in [-0.2, 0) is 12.6 Å². The number of nitrogen functional groups attached to an aromatic ring is 1. The van der Waals surface area contributed by atoms with E-state index < -0.39 is 0 Å². The molecule has 4 heterocycles. The largest absolute Gasteiger partial charge is 0.382 e. The van der Waals surface area contributed by atoms with Crippen LogP contribution in [0.5, 0.6) is 0 Å². The second kappa shape index (κ2) is 7.05. The van der Waals surface area contributed by atoms with Gasteiger partial charge in [0.2, 0.25) is 0 Å². The molecule has 5 rings (SSSR count). The van der Waals surface area contributed by atoms with Gasteiger partial charge in [-0.25, -0.2) is 9.50 Å². The highest BCUT2D eigenvalue weighted by molar-refractivity contribution is 5.80. The Bertz CT molecular complexity index is 1310. The average Bonchev–Trinajstić information content (AvgIpc) is 3.45. The van der Waals surface area contributed by atoms with Crippen LogP contribution in [-0.4, -0.2) is 47.4 Å². The molecule has 2 N–H and O–H groups in total. The highest BCUT2D eigenvalue weighted by atomic mass is 15.3. The second-order valence-electron chi connectivity index (χ2n) is 8.15. The molecule has 0 bridgehead atoms. The van der Waals surface area contributed by atoms with Gasteiger partial charge in [-0.05, 0) is 31.5 Å². The maximum absolute atomic E-state index is 9.40. The summed E-state index contributed by atoms with van der Waals surface area (Å²) in [7, 11) is 1.82. The smallest absolute Gasteiger partial charge is 0.154 e. The topological polar surface area (TPSA) is 128 Å². The summed E-state index contributed by atoms with van der Waals surface area (Å²) in [5.74, 6) is 0.850. The van der Waals surface area contributed by atoms with Crippen molar-refractivity contribution in [1.82, 2.24) is 34.2 Å². The Morgan fingerprint density at radius 2 is 2.16 bits per heavy atom. The molecule has 0 amide bonds. The van der Waals surface area contributed by atoms with Crippen molar-refractivity contribution in [1.29, 1.82) is 5.26 Å². The summed E-state index contributed by atoms with van der Waals surface area (Å²) in [6.07, 6.45) is 11.3. The zero-order chi connectivity index (χ0) is 21.6. The number of hydrogen-bond acceptors (Lipinski definition) is 7. The highest BCUT2D eigenvalue weighted by Crippen LogP contribution is 2.46. The summed E-state index contributed by atoms with van der Waals surface area (Å²) in [6.45, 7) is 4.30. The zero-order valence-electron chi connectivity index (χ0n) is 17.2. The Balaban J connectivity index is 1.57. The first-order chi connectivity index (χ1) is 15.0. The third kappa shape index (κ3) is 3.06. The molecule has 10 heteroatoms. The highest BCUT2D eigenvalue weighted by Gasteiger charge is 2.46. The monoisotopic (exact) mass is 414 g/mol. The van der Waals surface area contributed by atoms with Gasteiger partial charge in [-0.1, -0.05) is 0 Å². The molecule has 156 valence electrons. The number of hydrogen-bond donors (Lipinski definition) is 1. The fraction of sp³-hybridized carbons (Fsp3) is 0.333. The Morgan fingerprint density at radius 3 is 2.87 bits per heavy atom. The summed E-state index contributed by atoms with van der Waals surface area (Å²) >= 11 is 0. The first-order valence-corrected chi connectivity index (χ1v) is 10.0. The molecular formula is C21H22N10. The SMILES string of the molecule is C=NCC1CC(CC#N)(n2cc(-c3nc(-c4cn(C)nc4N)cn4nccc34)cn2)C1. The van der Waals surface area contributed by atoms with E-state index in [0.29, 0.717) is 30.4 Å². The Morgan fingerprint density at radius 1 is 1.32 bits per heavy atom. The number of fused-ring (bicyclic) bond motifs is 1. The van der Waals surface area contributed by atoms with Gasteiger partial charge < -0.3 is 10.7 Å². The lowest BCUT2D eigenvalue weighted by Crippen LogP contribution is -2.47. The molecule has 1 saturated carbocycles. The Hall–Kier alpha value is -4.00. The molecule has 4 aromatic heterocycles. The number of nitriles is 1. The number of anilines is 1. The Labute approximate surface area is 178 Å². The summed E-state index contributed by atoms with van der Waals surface area (Å²) in [6, 6.07) is 4.24. The van der Waals surface area contributed by atoms with E-state index in [2.05, 4.69) is 33.1 Å². The summed E-state index contributed by atoms with van der Waals surface area (Å²) in [5, 5.41) is 22.6. The van der Waals surface area contributed by atoms with Gasteiger partial charge in [0.25, 0.3) is 0 Å². The summed E-state index contributed by atoms with van der Waals surface area (Å²) in [4.78, 5) is 8.89. The van der Waals surface area contributed by atoms with Crippen molar-refractivity contribution in [3.8, 4) is 28.6 Å². The van der Waals surface area contributed by atoms with Crippen molar-refractivity contribution < 1.29 is 0 Å². The number of aryl methyl sites for hydroxylation is 1. The standard InChI is InChI=1S/C21H22N10/c1-24-9-14-7-21(8-14,4-5-22)31-11-15(10-26-31)19-18-3-6-25-30(18)13-17(27-19)16-12-29(2)28-20(16)23/h3,6,10-14H,1,4,7-9H2,2H3,(H2,23,28). The van der Waals surface area contributed by atoms with Gasteiger partial charge in [-0.3, -0.25) is 9.36 Å². The minimum Gasteiger partial charge on any atom is -0.382 e. The third-order valence-electron chi connectivity index (χ3n) is 6.00. The van der Waals surface area contributed by atoms with Crippen LogP contribution in [0, 0.1) is 17.2 Å². The van der Waals surface area contributed by atoms with Crippen LogP contribution in [0.1, 0.15) is 19.3 Å². The molecule has 1 fully saturated rings.